The summed E-state index contributed by atoms with van der Waals surface area (Å²) in [5.41, 5.74) is 4.28. The zero-order chi connectivity index (χ0) is 40.2. The van der Waals surface area contributed by atoms with Crippen molar-refractivity contribution < 1.29 is 0 Å². The van der Waals surface area contributed by atoms with Gasteiger partial charge in [0.25, 0.3) is 0 Å². The van der Waals surface area contributed by atoms with E-state index in [1.807, 2.05) is 27.7 Å². The van der Waals surface area contributed by atoms with Crippen molar-refractivity contribution in [3.05, 3.63) is 108 Å². The van der Waals surface area contributed by atoms with E-state index in [4.69, 9.17) is 0 Å². The van der Waals surface area contributed by atoms with Crippen LogP contribution in [0.15, 0.2) is 91.0 Å². The molecule has 0 atom stereocenters. The molecule has 0 radical (unpaired) electrons. The molecule has 6 heteroatoms. The predicted octanol–water partition coefficient (Wildman–Crippen LogP) is 7.64. The Bertz CT molecular complexity index is 1220. The second kappa shape index (κ2) is 34.8. The molecule has 0 unspecified atom stereocenters. The molecule has 54 heavy (non-hydrogen) atoms. The van der Waals surface area contributed by atoms with Gasteiger partial charge in [0.05, 0.1) is 0 Å². The molecule has 0 saturated carbocycles. The lowest BCUT2D eigenvalue weighted by atomic mass is 10.2. The number of likely N-dealkylation sites (N-methyl/N-ethyl adjacent to an activating group) is 3. The molecular formula is C48H74N6. The van der Waals surface area contributed by atoms with Crippen molar-refractivity contribution in [1.82, 2.24) is 29.4 Å². The molecular weight excluding hydrogens is 661 g/mol. The number of nitrogens with zero attached hydrogens (tertiary/aromatic N) is 6. The minimum Gasteiger partial charge on any atom is -0.304 e. The highest BCUT2D eigenvalue weighted by Crippen LogP contribution is 2.09. The molecule has 3 aromatic rings. The minimum absolute atomic E-state index is 1.11. The third kappa shape index (κ3) is 26.8. The standard InChI is InChI=1S/3C12H18N2.C4H6.2C3H4.C2H6/c3*1-13-7-9-14(10-8-13)11-12-5-3-2-4-6-12;1-3-4-2;2*1-3-2;1-2/h3*2-6H,7-11H2,1H3;1-2H3;2*1H,2H3;1-2H3. The molecule has 3 heterocycles. The molecule has 3 aromatic carbocycles. The first-order chi connectivity index (χ1) is 26.3. The number of terminal acetylenes is 2. The van der Waals surface area contributed by atoms with Gasteiger partial charge in [0.2, 0.25) is 0 Å². The summed E-state index contributed by atoms with van der Waals surface area (Å²) in [4.78, 5) is 14.7. The normalized spacial score (nSPS) is 16.1. The molecule has 3 saturated heterocycles. The first-order valence-corrected chi connectivity index (χ1v) is 19.7. The lowest BCUT2D eigenvalue weighted by Gasteiger charge is -2.32. The van der Waals surface area contributed by atoms with E-state index in [1.165, 1.54) is 95.2 Å². The van der Waals surface area contributed by atoms with Gasteiger partial charge >= 0.3 is 0 Å². The first-order valence-electron chi connectivity index (χ1n) is 19.7. The SMILES string of the molecule is C#CC.C#CC.CC.CC#CC.CN1CCN(Cc2ccccc2)CC1.CN1CCN(Cc2ccccc2)CC1.CN1CCN(Cc2ccccc2)CC1. The lowest BCUT2D eigenvalue weighted by Crippen LogP contribution is -2.43. The zero-order valence-corrected chi connectivity index (χ0v) is 35.6. The second-order valence-corrected chi connectivity index (χ2v) is 13.3. The van der Waals surface area contributed by atoms with E-state index in [2.05, 4.69) is 178 Å². The van der Waals surface area contributed by atoms with Gasteiger partial charge in [-0.05, 0) is 65.5 Å². The Kier molecular flexibility index (Phi) is 32.3. The van der Waals surface area contributed by atoms with Gasteiger partial charge < -0.3 is 14.7 Å². The molecule has 3 aliphatic heterocycles. The predicted molar refractivity (Wildman–Crippen MR) is 237 cm³/mol. The van der Waals surface area contributed by atoms with Gasteiger partial charge in [-0.15, -0.1) is 36.5 Å². The first kappa shape index (κ1) is 50.1. The van der Waals surface area contributed by atoms with Crippen LogP contribution in [0.3, 0.4) is 0 Å². The summed E-state index contributed by atoms with van der Waals surface area (Å²) in [6.07, 6.45) is 9.19. The Hall–Kier alpha value is -3.90. The molecule has 0 N–H and O–H groups in total. The molecule has 0 aliphatic carbocycles. The summed E-state index contributed by atoms with van der Waals surface area (Å²) >= 11 is 0. The summed E-state index contributed by atoms with van der Waals surface area (Å²) in [6.45, 7) is 28.7. The monoisotopic (exact) mass is 735 g/mol. The van der Waals surface area contributed by atoms with Crippen LogP contribution in [0, 0.1) is 36.5 Å². The summed E-state index contributed by atoms with van der Waals surface area (Å²) in [5, 5.41) is 0. The van der Waals surface area contributed by atoms with Gasteiger partial charge in [-0.1, -0.05) is 105 Å². The molecule has 0 bridgehead atoms. The van der Waals surface area contributed by atoms with E-state index in [0.29, 0.717) is 0 Å². The Labute approximate surface area is 333 Å². The molecule has 0 spiro atoms. The van der Waals surface area contributed by atoms with Crippen molar-refractivity contribution in [3.63, 3.8) is 0 Å². The van der Waals surface area contributed by atoms with Gasteiger partial charge in [-0.3, -0.25) is 14.7 Å². The van der Waals surface area contributed by atoms with Crippen molar-refractivity contribution >= 4 is 0 Å². The van der Waals surface area contributed by atoms with Crippen molar-refractivity contribution in [2.75, 3.05) is 99.7 Å². The lowest BCUT2D eigenvalue weighted by molar-refractivity contribution is 0.148. The highest BCUT2D eigenvalue weighted by molar-refractivity contribution is 5.16. The number of piperazine rings is 3. The van der Waals surface area contributed by atoms with Crippen molar-refractivity contribution in [3.8, 4) is 36.5 Å². The summed E-state index contributed by atoms with van der Waals surface area (Å²) < 4.78 is 0. The summed E-state index contributed by atoms with van der Waals surface area (Å²) in [7, 11) is 6.58. The number of benzene rings is 3. The van der Waals surface area contributed by atoms with Crippen LogP contribution in [0.5, 0.6) is 0 Å². The fourth-order valence-corrected chi connectivity index (χ4v) is 5.54. The van der Waals surface area contributed by atoms with Crippen molar-refractivity contribution in [1.29, 1.82) is 0 Å². The van der Waals surface area contributed by atoms with Gasteiger partial charge in [0.1, 0.15) is 0 Å². The van der Waals surface area contributed by atoms with E-state index in [-0.39, 0.29) is 0 Å². The maximum Gasteiger partial charge on any atom is 0.0234 e. The van der Waals surface area contributed by atoms with Gasteiger partial charge in [0, 0.05) is 98.2 Å². The van der Waals surface area contributed by atoms with Crippen LogP contribution in [-0.2, 0) is 19.6 Å². The third-order valence-corrected chi connectivity index (χ3v) is 8.78. The smallest absolute Gasteiger partial charge is 0.0234 e. The van der Waals surface area contributed by atoms with Crippen LogP contribution in [0.25, 0.3) is 0 Å². The average molecular weight is 735 g/mol. The van der Waals surface area contributed by atoms with Crippen LogP contribution < -0.4 is 0 Å². The highest BCUT2D eigenvalue weighted by atomic mass is 15.3. The maximum absolute atomic E-state index is 4.60. The van der Waals surface area contributed by atoms with Gasteiger partial charge in [-0.25, -0.2) is 0 Å². The van der Waals surface area contributed by atoms with E-state index in [1.54, 1.807) is 13.8 Å². The Morgan fingerprint density at radius 3 is 0.741 bits per heavy atom. The van der Waals surface area contributed by atoms with Crippen LogP contribution in [-0.4, -0.2) is 129 Å². The van der Waals surface area contributed by atoms with Crippen molar-refractivity contribution in [2.24, 2.45) is 0 Å². The molecule has 3 aliphatic rings. The number of hydrogen-bond donors (Lipinski definition) is 0. The third-order valence-electron chi connectivity index (χ3n) is 8.78. The molecule has 6 rings (SSSR count). The van der Waals surface area contributed by atoms with Gasteiger partial charge in [0.15, 0.2) is 0 Å². The number of hydrogen-bond acceptors (Lipinski definition) is 6. The Morgan fingerprint density at radius 2 is 0.574 bits per heavy atom. The molecule has 3 fully saturated rings. The Balaban J connectivity index is 0.000000680. The van der Waals surface area contributed by atoms with E-state index in [0.717, 1.165) is 19.6 Å². The quantitative estimate of drug-likeness (QED) is 0.241. The van der Waals surface area contributed by atoms with E-state index >= 15 is 0 Å². The van der Waals surface area contributed by atoms with Crippen LogP contribution in [0.1, 0.15) is 58.2 Å². The highest BCUT2D eigenvalue weighted by Gasteiger charge is 2.15. The largest absolute Gasteiger partial charge is 0.304 e. The van der Waals surface area contributed by atoms with Crippen LogP contribution in [0.2, 0.25) is 0 Å². The van der Waals surface area contributed by atoms with E-state index < -0.39 is 0 Å². The molecule has 0 aromatic heterocycles. The molecule has 6 nitrogen and oxygen atoms in total. The molecule has 0 amide bonds. The number of rotatable bonds is 6. The average Bonchev–Trinajstić information content (AvgIpc) is 3.21. The topological polar surface area (TPSA) is 19.4 Å². The fraction of sp³-hybridized carbons (Fsp3) is 0.500. The minimum atomic E-state index is 1.11. The second-order valence-electron chi connectivity index (χ2n) is 13.3. The molecule has 296 valence electrons. The van der Waals surface area contributed by atoms with Gasteiger partial charge in [-0.2, -0.15) is 0 Å². The summed E-state index contributed by atoms with van der Waals surface area (Å²) in [6, 6.07) is 32.2. The van der Waals surface area contributed by atoms with Crippen molar-refractivity contribution in [2.45, 2.75) is 61.2 Å². The van der Waals surface area contributed by atoms with E-state index in [9.17, 15) is 0 Å². The zero-order valence-electron chi connectivity index (χ0n) is 35.6. The maximum atomic E-state index is 4.60. The fourth-order valence-electron chi connectivity index (χ4n) is 5.54. The van der Waals surface area contributed by atoms with Crippen LogP contribution >= 0.6 is 0 Å². The van der Waals surface area contributed by atoms with Crippen LogP contribution in [0.4, 0.5) is 0 Å². The Morgan fingerprint density at radius 1 is 0.389 bits per heavy atom. The summed E-state index contributed by atoms with van der Waals surface area (Å²) in [5.74, 6) is 9.86.